The molecule has 0 amide bonds. The van der Waals surface area contributed by atoms with Gasteiger partial charge in [-0.2, -0.15) is 0 Å². The van der Waals surface area contributed by atoms with Gasteiger partial charge in [0.15, 0.2) is 5.12 Å². The zero-order valence-corrected chi connectivity index (χ0v) is 15.6. The molecular formula is C19H38OS. The molecule has 1 nitrogen and oxygen atoms in total. The molecular weight excluding hydrogens is 276 g/mol. The van der Waals surface area contributed by atoms with E-state index in [0.29, 0.717) is 5.12 Å². The fraction of sp³-hybridized carbons (Fsp3) is 0.947. The molecule has 2 heteroatoms. The van der Waals surface area contributed by atoms with E-state index in [2.05, 4.69) is 13.8 Å². The average molecular weight is 315 g/mol. The smallest absolute Gasteiger partial charge is 0.188 e. The Morgan fingerprint density at radius 3 is 1.62 bits per heavy atom. The van der Waals surface area contributed by atoms with Crippen molar-refractivity contribution < 1.29 is 4.79 Å². The Balaban J connectivity index is 3.04. The van der Waals surface area contributed by atoms with E-state index >= 15 is 0 Å². The molecule has 0 saturated carbocycles. The van der Waals surface area contributed by atoms with Gasteiger partial charge >= 0.3 is 0 Å². The number of thioether (sulfide) groups is 1. The fourth-order valence-electron chi connectivity index (χ4n) is 2.65. The molecule has 0 fully saturated rings. The van der Waals surface area contributed by atoms with Crippen molar-refractivity contribution in [3.63, 3.8) is 0 Å². The monoisotopic (exact) mass is 314 g/mol. The first-order valence-corrected chi connectivity index (χ1v) is 10.3. The maximum absolute atomic E-state index is 11.3. The summed E-state index contributed by atoms with van der Waals surface area (Å²) in [6.07, 6.45) is 17.2. The second kappa shape index (κ2) is 16.4. The molecule has 0 aromatic heterocycles. The van der Waals surface area contributed by atoms with E-state index in [0.717, 1.165) is 24.5 Å². The van der Waals surface area contributed by atoms with Crippen molar-refractivity contribution >= 4 is 16.9 Å². The molecule has 0 aromatic rings. The molecule has 0 saturated heterocycles. The van der Waals surface area contributed by atoms with Gasteiger partial charge in [0.2, 0.25) is 0 Å². The van der Waals surface area contributed by atoms with Crippen LogP contribution in [0.1, 0.15) is 104 Å². The first-order valence-electron chi connectivity index (χ1n) is 9.32. The Morgan fingerprint density at radius 1 is 0.762 bits per heavy atom. The highest BCUT2D eigenvalue weighted by Crippen LogP contribution is 2.15. The number of rotatable bonds is 15. The lowest BCUT2D eigenvalue weighted by molar-refractivity contribution is -0.111. The molecule has 0 atom stereocenters. The van der Waals surface area contributed by atoms with Gasteiger partial charge in [0.1, 0.15) is 0 Å². The van der Waals surface area contributed by atoms with Gasteiger partial charge < -0.3 is 0 Å². The zero-order valence-electron chi connectivity index (χ0n) is 14.8. The summed E-state index contributed by atoms with van der Waals surface area (Å²) in [6, 6.07) is 0. The van der Waals surface area contributed by atoms with Crippen molar-refractivity contribution in [2.75, 3.05) is 5.75 Å². The van der Waals surface area contributed by atoms with Gasteiger partial charge in [-0.25, -0.2) is 0 Å². The van der Waals surface area contributed by atoms with Gasteiger partial charge in [-0.3, -0.25) is 4.79 Å². The first kappa shape index (κ1) is 21.0. The van der Waals surface area contributed by atoms with Gasteiger partial charge in [0, 0.05) is 6.42 Å². The fourth-order valence-corrected chi connectivity index (χ4v) is 3.26. The third-order valence-electron chi connectivity index (χ3n) is 3.97. The quantitative estimate of drug-likeness (QED) is 0.303. The minimum atomic E-state index is 0.384. The van der Waals surface area contributed by atoms with Gasteiger partial charge in [-0.05, 0) is 18.1 Å². The van der Waals surface area contributed by atoms with Gasteiger partial charge in [-0.1, -0.05) is 103 Å². The molecule has 0 aliphatic heterocycles. The summed E-state index contributed by atoms with van der Waals surface area (Å²) in [5.74, 6) is 1.80. The molecule has 0 heterocycles. The summed E-state index contributed by atoms with van der Waals surface area (Å²) < 4.78 is 0. The second-order valence-electron chi connectivity index (χ2n) is 6.63. The lowest BCUT2D eigenvalue weighted by Crippen LogP contribution is -1.92. The van der Waals surface area contributed by atoms with Crippen molar-refractivity contribution in [3.8, 4) is 0 Å². The van der Waals surface area contributed by atoms with Crippen LogP contribution in [-0.2, 0) is 4.79 Å². The Hall–Kier alpha value is 0.0200. The molecule has 0 rings (SSSR count). The molecule has 0 N–H and O–H groups in total. The summed E-state index contributed by atoms with van der Waals surface area (Å²) in [5, 5.41) is 0.384. The maximum atomic E-state index is 11.3. The minimum absolute atomic E-state index is 0.384. The van der Waals surface area contributed by atoms with Gasteiger partial charge in [0.05, 0.1) is 0 Å². The highest BCUT2D eigenvalue weighted by atomic mass is 32.2. The van der Waals surface area contributed by atoms with E-state index in [-0.39, 0.29) is 0 Å². The van der Waals surface area contributed by atoms with E-state index in [9.17, 15) is 4.79 Å². The normalized spacial score (nSPS) is 11.2. The predicted octanol–water partition coefficient (Wildman–Crippen LogP) is 6.99. The van der Waals surface area contributed by atoms with E-state index < -0.39 is 0 Å². The molecule has 0 aliphatic carbocycles. The van der Waals surface area contributed by atoms with Crippen molar-refractivity contribution in [3.05, 3.63) is 0 Å². The van der Waals surface area contributed by atoms with Crippen molar-refractivity contribution in [1.29, 1.82) is 0 Å². The van der Waals surface area contributed by atoms with Crippen LogP contribution in [0.15, 0.2) is 0 Å². The largest absolute Gasteiger partial charge is 0.287 e. The topological polar surface area (TPSA) is 17.1 Å². The third kappa shape index (κ3) is 18.0. The summed E-state index contributed by atoms with van der Waals surface area (Å²) in [4.78, 5) is 11.3. The first-order chi connectivity index (χ1) is 10.2. The Morgan fingerprint density at radius 2 is 1.19 bits per heavy atom. The lowest BCUT2D eigenvalue weighted by atomic mass is 10.0. The summed E-state index contributed by atoms with van der Waals surface area (Å²) in [7, 11) is 0. The van der Waals surface area contributed by atoms with Crippen LogP contribution in [0.4, 0.5) is 0 Å². The Bertz CT molecular complexity index is 226. The zero-order chi connectivity index (χ0) is 15.8. The van der Waals surface area contributed by atoms with E-state index in [1.807, 2.05) is 6.92 Å². The van der Waals surface area contributed by atoms with E-state index in [1.165, 1.54) is 82.4 Å². The SMILES string of the molecule is CCSC(=O)CCCCCCCCCCCCCC(C)C. The van der Waals surface area contributed by atoms with Crippen LogP contribution in [0.2, 0.25) is 0 Å². The van der Waals surface area contributed by atoms with Crippen LogP contribution in [0.25, 0.3) is 0 Å². The summed E-state index contributed by atoms with van der Waals surface area (Å²) in [5.41, 5.74) is 0. The average Bonchev–Trinajstić information content (AvgIpc) is 2.44. The molecule has 0 bridgehead atoms. The van der Waals surface area contributed by atoms with E-state index in [1.54, 1.807) is 0 Å². The summed E-state index contributed by atoms with van der Waals surface area (Å²) in [6.45, 7) is 6.68. The summed E-state index contributed by atoms with van der Waals surface area (Å²) >= 11 is 1.48. The van der Waals surface area contributed by atoms with Crippen LogP contribution >= 0.6 is 11.8 Å². The molecule has 0 spiro atoms. The standard InChI is InChI=1S/C19H38OS/c1-4-21-19(20)17-15-13-11-9-7-5-6-8-10-12-14-16-18(2)3/h18H,4-17H2,1-3H3. The number of hydrogen-bond donors (Lipinski definition) is 0. The van der Waals surface area contributed by atoms with Crippen LogP contribution in [-0.4, -0.2) is 10.9 Å². The maximum Gasteiger partial charge on any atom is 0.188 e. The molecule has 0 unspecified atom stereocenters. The predicted molar refractivity (Wildman–Crippen MR) is 98.0 cm³/mol. The van der Waals surface area contributed by atoms with Crippen LogP contribution in [0.5, 0.6) is 0 Å². The number of unbranched alkanes of at least 4 members (excludes halogenated alkanes) is 10. The number of hydrogen-bond acceptors (Lipinski definition) is 2. The van der Waals surface area contributed by atoms with Crippen LogP contribution in [0, 0.1) is 5.92 Å². The minimum Gasteiger partial charge on any atom is -0.287 e. The molecule has 0 aliphatic rings. The van der Waals surface area contributed by atoms with Gasteiger partial charge in [0.25, 0.3) is 0 Å². The van der Waals surface area contributed by atoms with Crippen molar-refractivity contribution in [1.82, 2.24) is 0 Å². The highest BCUT2D eigenvalue weighted by Gasteiger charge is 2.00. The molecule has 0 aromatic carbocycles. The lowest BCUT2D eigenvalue weighted by Gasteiger charge is -2.04. The Kier molecular flexibility index (Phi) is 16.4. The molecule has 0 radical (unpaired) electrons. The van der Waals surface area contributed by atoms with Gasteiger partial charge in [-0.15, -0.1) is 0 Å². The van der Waals surface area contributed by atoms with Crippen molar-refractivity contribution in [2.45, 2.75) is 104 Å². The van der Waals surface area contributed by atoms with Crippen LogP contribution < -0.4 is 0 Å². The third-order valence-corrected chi connectivity index (χ3v) is 4.78. The molecule has 126 valence electrons. The van der Waals surface area contributed by atoms with E-state index in [4.69, 9.17) is 0 Å². The highest BCUT2D eigenvalue weighted by molar-refractivity contribution is 8.13. The van der Waals surface area contributed by atoms with Crippen LogP contribution in [0.3, 0.4) is 0 Å². The number of carbonyl (C=O) groups is 1. The number of carbonyl (C=O) groups excluding carboxylic acids is 1. The molecule has 21 heavy (non-hydrogen) atoms. The Labute approximate surface area is 138 Å². The second-order valence-corrected chi connectivity index (χ2v) is 7.95. The van der Waals surface area contributed by atoms with Crippen molar-refractivity contribution in [2.24, 2.45) is 5.92 Å².